The monoisotopic (exact) mass is 370 g/mol. The first-order valence-corrected chi connectivity index (χ1v) is 8.31. The van der Waals surface area contributed by atoms with Crippen LogP contribution in [0.3, 0.4) is 0 Å². The van der Waals surface area contributed by atoms with E-state index in [0.29, 0.717) is 6.42 Å². The third kappa shape index (κ3) is 4.19. The van der Waals surface area contributed by atoms with Crippen molar-refractivity contribution < 1.29 is 13.2 Å². The Labute approximate surface area is 129 Å². The van der Waals surface area contributed by atoms with Gasteiger partial charge in [0.15, 0.2) is 0 Å². The van der Waals surface area contributed by atoms with E-state index in [1.165, 1.54) is 11.3 Å². The van der Waals surface area contributed by atoms with Crippen molar-refractivity contribution in [2.45, 2.75) is 50.5 Å². The highest BCUT2D eigenvalue weighted by atomic mass is 79.9. The first-order chi connectivity index (χ1) is 9.31. The highest BCUT2D eigenvalue weighted by molar-refractivity contribution is 9.10. The van der Waals surface area contributed by atoms with E-state index >= 15 is 0 Å². The fraction of sp³-hybridized carbons (Fsp3) is 0.692. The Balaban J connectivity index is 2.27. The zero-order valence-corrected chi connectivity index (χ0v) is 13.6. The maximum atomic E-state index is 12.9. The first-order valence-electron chi connectivity index (χ1n) is 6.64. The van der Waals surface area contributed by atoms with E-state index in [1.54, 1.807) is 4.90 Å². The summed E-state index contributed by atoms with van der Waals surface area (Å²) in [6.45, 7) is 1.03. The fourth-order valence-electron chi connectivity index (χ4n) is 2.39. The number of nitrogens with zero attached hydrogens (tertiary/aromatic N) is 1. The van der Waals surface area contributed by atoms with Crippen LogP contribution in [0.15, 0.2) is 15.9 Å². The third-order valence-corrected chi connectivity index (χ3v) is 5.26. The lowest BCUT2D eigenvalue weighted by atomic mass is 10.0. The molecule has 1 aromatic rings. The highest BCUT2D eigenvalue weighted by Gasteiger charge is 2.43. The molecule has 0 radical (unpaired) electrons. The summed E-state index contributed by atoms with van der Waals surface area (Å²) < 4.78 is 39.5. The molecule has 0 amide bonds. The van der Waals surface area contributed by atoms with Crippen LogP contribution in [0.1, 0.15) is 37.1 Å². The maximum absolute atomic E-state index is 12.9. The molecule has 1 saturated carbocycles. The van der Waals surface area contributed by atoms with E-state index in [1.807, 2.05) is 18.4 Å². The molecule has 0 aliphatic heterocycles. The second-order valence-electron chi connectivity index (χ2n) is 5.20. The number of hydrogen-bond acceptors (Lipinski definition) is 3. The molecule has 0 saturated heterocycles. The minimum absolute atomic E-state index is 0.0140. The molecule has 0 aromatic carbocycles. The Hall–Kier alpha value is -0.110. The molecular formula is C13H18BrF3N2S. The van der Waals surface area contributed by atoms with Crippen LogP contribution in [0.25, 0.3) is 0 Å². The van der Waals surface area contributed by atoms with Crippen molar-refractivity contribution in [3.05, 3.63) is 20.8 Å². The Morgan fingerprint density at radius 3 is 2.55 bits per heavy atom. The average Bonchev–Trinajstić information content (AvgIpc) is 3.10. The normalized spacial score (nSPS) is 19.4. The summed E-state index contributed by atoms with van der Waals surface area (Å²) in [5.74, 6) is 0. The SMILES string of the molecule is CCC(N)C(c1cc(Br)cs1)N(CC(F)(F)F)C1CC1. The quantitative estimate of drug-likeness (QED) is 0.807. The lowest BCUT2D eigenvalue weighted by Gasteiger charge is -2.35. The van der Waals surface area contributed by atoms with Crippen molar-refractivity contribution in [3.63, 3.8) is 0 Å². The second kappa shape index (κ2) is 6.34. The standard InChI is InChI=1S/C13H18BrF3N2S/c1-2-10(18)12(11-5-8(14)6-20-11)19(9-3-4-9)7-13(15,16)17/h5-6,9-10,12H,2-4,7,18H2,1H3. The van der Waals surface area contributed by atoms with Crippen LogP contribution < -0.4 is 5.73 Å². The Bertz CT molecular complexity index is 445. The molecule has 114 valence electrons. The molecule has 1 aliphatic rings. The molecule has 1 fully saturated rings. The van der Waals surface area contributed by atoms with Gasteiger partial charge in [0.2, 0.25) is 0 Å². The van der Waals surface area contributed by atoms with Crippen LogP contribution >= 0.6 is 27.3 Å². The van der Waals surface area contributed by atoms with E-state index in [4.69, 9.17) is 5.73 Å². The van der Waals surface area contributed by atoms with Crippen LogP contribution in [0, 0.1) is 0 Å². The number of halogens is 4. The Morgan fingerprint density at radius 1 is 1.50 bits per heavy atom. The van der Waals surface area contributed by atoms with E-state index in [9.17, 15) is 13.2 Å². The van der Waals surface area contributed by atoms with Crippen molar-refractivity contribution in [1.82, 2.24) is 4.90 Å². The summed E-state index contributed by atoms with van der Waals surface area (Å²) >= 11 is 4.83. The predicted molar refractivity (Wildman–Crippen MR) is 78.8 cm³/mol. The number of hydrogen-bond donors (Lipinski definition) is 1. The van der Waals surface area contributed by atoms with Gasteiger partial charge < -0.3 is 5.73 Å². The minimum atomic E-state index is -4.19. The highest BCUT2D eigenvalue weighted by Crippen LogP contribution is 2.40. The van der Waals surface area contributed by atoms with Crippen LogP contribution in [0.4, 0.5) is 13.2 Å². The first kappa shape index (κ1) is 16.3. The molecule has 7 heteroatoms. The molecule has 20 heavy (non-hydrogen) atoms. The van der Waals surface area contributed by atoms with Gasteiger partial charge in [-0.2, -0.15) is 13.2 Å². The van der Waals surface area contributed by atoms with Crippen LogP contribution in [0.5, 0.6) is 0 Å². The van der Waals surface area contributed by atoms with Crippen molar-refractivity contribution in [3.8, 4) is 0 Å². The molecular weight excluding hydrogens is 353 g/mol. The minimum Gasteiger partial charge on any atom is -0.326 e. The van der Waals surface area contributed by atoms with Gasteiger partial charge in [0.25, 0.3) is 0 Å². The molecule has 2 rings (SSSR count). The van der Waals surface area contributed by atoms with Crippen LogP contribution in [0.2, 0.25) is 0 Å². The number of thiophene rings is 1. The van der Waals surface area contributed by atoms with Gasteiger partial charge >= 0.3 is 6.18 Å². The van der Waals surface area contributed by atoms with Gasteiger partial charge in [-0.05, 0) is 41.3 Å². The molecule has 2 nitrogen and oxygen atoms in total. The number of rotatable bonds is 6. The van der Waals surface area contributed by atoms with Gasteiger partial charge in [-0.25, -0.2) is 0 Å². The van der Waals surface area contributed by atoms with Gasteiger partial charge in [0.1, 0.15) is 0 Å². The van der Waals surface area contributed by atoms with Gasteiger partial charge in [-0.1, -0.05) is 6.92 Å². The van der Waals surface area contributed by atoms with E-state index in [-0.39, 0.29) is 18.1 Å². The van der Waals surface area contributed by atoms with Gasteiger partial charge in [0, 0.05) is 26.8 Å². The summed E-state index contributed by atoms with van der Waals surface area (Å²) in [6.07, 6.45) is -1.88. The topological polar surface area (TPSA) is 29.3 Å². The van der Waals surface area contributed by atoms with Crippen LogP contribution in [-0.4, -0.2) is 29.7 Å². The summed E-state index contributed by atoms with van der Waals surface area (Å²) in [7, 11) is 0. The Kier molecular flexibility index (Phi) is 5.15. The molecule has 1 heterocycles. The molecule has 1 aromatic heterocycles. The van der Waals surface area contributed by atoms with E-state index in [2.05, 4.69) is 15.9 Å². The second-order valence-corrected chi connectivity index (χ2v) is 7.06. The zero-order valence-electron chi connectivity index (χ0n) is 11.2. The van der Waals surface area contributed by atoms with Crippen LogP contribution in [-0.2, 0) is 0 Å². The maximum Gasteiger partial charge on any atom is 0.401 e. The summed E-state index contributed by atoms with van der Waals surface area (Å²) in [5.41, 5.74) is 6.13. The Morgan fingerprint density at radius 2 is 2.15 bits per heavy atom. The van der Waals surface area contributed by atoms with E-state index < -0.39 is 12.7 Å². The molecule has 2 unspecified atom stereocenters. The number of alkyl halides is 3. The molecule has 0 spiro atoms. The molecule has 2 N–H and O–H groups in total. The van der Waals surface area contributed by atoms with Crippen molar-refractivity contribution in [2.24, 2.45) is 5.73 Å². The van der Waals surface area contributed by atoms with Crippen molar-refractivity contribution >= 4 is 27.3 Å². The van der Waals surface area contributed by atoms with Crippen molar-refractivity contribution in [1.29, 1.82) is 0 Å². The summed E-state index contributed by atoms with van der Waals surface area (Å²) in [5, 5.41) is 1.89. The molecule has 2 atom stereocenters. The van der Waals surface area contributed by atoms with Gasteiger partial charge in [-0.15, -0.1) is 11.3 Å². The molecule has 0 bridgehead atoms. The molecule has 1 aliphatic carbocycles. The summed E-state index contributed by atoms with van der Waals surface area (Å²) in [6, 6.07) is 1.25. The average molecular weight is 371 g/mol. The summed E-state index contributed by atoms with van der Waals surface area (Å²) in [4.78, 5) is 2.45. The fourth-order valence-corrected chi connectivity index (χ4v) is 4.03. The van der Waals surface area contributed by atoms with E-state index in [0.717, 1.165) is 22.2 Å². The smallest absolute Gasteiger partial charge is 0.326 e. The lowest BCUT2D eigenvalue weighted by Crippen LogP contribution is -2.45. The van der Waals surface area contributed by atoms with Crippen molar-refractivity contribution in [2.75, 3.05) is 6.54 Å². The zero-order chi connectivity index (χ0) is 14.9. The number of nitrogens with two attached hydrogens (primary N) is 1. The van der Waals surface area contributed by atoms with Gasteiger partial charge in [-0.3, -0.25) is 4.90 Å². The predicted octanol–water partition coefficient (Wildman–Crippen LogP) is 4.32. The lowest BCUT2D eigenvalue weighted by molar-refractivity contribution is -0.153. The van der Waals surface area contributed by atoms with Gasteiger partial charge in [0.05, 0.1) is 12.6 Å². The largest absolute Gasteiger partial charge is 0.401 e. The third-order valence-electron chi connectivity index (χ3n) is 3.49.